The third kappa shape index (κ3) is 1.18. The second-order valence-corrected chi connectivity index (χ2v) is 4.41. The predicted molar refractivity (Wildman–Crippen MR) is 57.5 cm³/mol. The maximum absolute atomic E-state index is 6.19. The minimum atomic E-state index is 0.553. The first-order chi connectivity index (χ1) is 6.86. The largest absolute Gasteiger partial charge is 0.314 e. The molecule has 0 aliphatic carbocycles. The number of nitrogens with zero attached hydrogens (tertiary/aromatic N) is 1. The molecule has 0 saturated carbocycles. The number of piperazine rings is 1. The van der Waals surface area contributed by atoms with Crippen LogP contribution in [0.2, 0.25) is 5.02 Å². The lowest BCUT2D eigenvalue weighted by Gasteiger charge is -2.30. The lowest BCUT2D eigenvalue weighted by Crippen LogP contribution is -2.42. The van der Waals surface area contributed by atoms with E-state index >= 15 is 0 Å². The van der Waals surface area contributed by atoms with Crippen LogP contribution in [0, 0.1) is 0 Å². The smallest absolute Gasteiger partial charge is 0.0480 e. The number of fused-ring (bicyclic) bond motifs is 3. The second kappa shape index (κ2) is 3.23. The Hall–Kier alpha value is -0.570. The van der Waals surface area contributed by atoms with Gasteiger partial charge in [0.25, 0.3) is 0 Å². The maximum Gasteiger partial charge on any atom is 0.0480 e. The Morgan fingerprint density at radius 2 is 2.36 bits per heavy atom. The van der Waals surface area contributed by atoms with Crippen molar-refractivity contribution < 1.29 is 0 Å². The number of hydrogen-bond acceptors (Lipinski definition) is 2. The van der Waals surface area contributed by atoms with Gasteiger partial charge in [0, 0.05) is 37.2 Å². The molecule has 0 amide bonds. The number of rotatable bonds is 0. The van der Waals surface area contributed by atoms with Gasteiger partial charge < -0.3 is 5.32 Å². The van der Waals surface area contributed by atoms with E-state index in [1.165, 1.54) is 11.1 Å². The predicted octanol–water partition coefficient (Wildman–Crippen LogP) is 1.80. The first kappa shape index (κ1) is 8.72. The van der Waals surface area contributed by atoms with Crippen LogP contribution in [0.4, 0.5) is 0 Å². The highest BCUT2D eigenvalue weighted by atomic mass is 35.5. The SMILES string of the molecule is Clc1cccc2c1CN1CCNCC21. The minimum Gasteiger partial charge on any atom is -0.314 e. The fourth-order valence-electron chi connectivity index (χ4n) is 2.50. The zero-order valence-electron chi connectivity index (χ0n) is 7.96. The Bertz CT molecular complexity index is 364. The van der Waals surface area contributed by atoms with Crippen LogP contribution in [0.3, 0.4) is 0 Å². The van der Waals surface area contributed by atoms with E-state index in [4.69, 9.17) is 11.6 Å². The average Bonchev–Trinajstić information content (AvgIpc) is 2.59. The van der Waals surface area contributed by atoms with Gasteiger partial charge >= 0.3 is 0 Å². The Morgan fingerprint density at radius 3 is 3.29 bits per heavy atom. The Morgan fingerprint density at radius 1 is 1.43 bits per heavy atom. The van der Waals surface area contributed by atoms with Gasteiger partial charge in [0.05, 0.1) is 0 Å². The van der Waals surface area contributed by atoms with Gasteiger partial charge in [-0.1, -0.05) is 23.7 Å². The van der Waals surface area contributed by atoms with Crippen molar-refractivity contribution in [3.63, 3.8) is 0 Å². The molecule has 3 rings (SSSR count). The number of nitrogens with one attached hydrogen (secondary N) is 1. The lowest BCUT2D eigenvalue weighted by molar-refractivity contribution is 0.178. The van der Waals surface area contributed by atoms with Crippen molar-refractivity contribution in [2.45, 2.75) is 12.6 Å². The van der Waals surface area contributed by atoms with Crippen molar-refractivity contribution in [1.82, 2.24) is 10.2 Å². The molecule has 1 atom stereocenters. The fourth-order valence-corrected chi connectivity index (χ4v) is 2.74. The van der Waals surface area contributed by atoms with Gasteiger partial charge in [-0.05, 0) is 17.2 Å². The van der Waals surface area contributed by atoms with E-state index in [0.717, 1.165) is 31.2 Å². The third-order valence-corrected chi connectivity index (χ3v) is 3.58. The number of hydrogen-bond donors (Lipinski definition) is 1. The standard InChI is InChI=1S/C11H13ClN2/c12-10-3-1-2-8-9(10)7-14-5-4-13-6-11(8)14/h1-3,11,13H,4-7H2. The van der Waals surface area contributed by atoms with Crippen molar-refractivity contribution in [1.29, 1.82) is 0 Å². The van der Waals surface area contributed by atoms with E-state index in [-0.39, 0.29) is 0 Å². The Labute approximate surface area is 88.9 Å². The molecule has 2 nitrogen and oxygen atoms in total. The van der Waals surface area contributed by atoms with Crippen molar-refractivity contribution in [2.75, 3.05) is 19.6 Å². The van der Waals surface area contributed by atoms with E-state index in [2.05, 4.69) is 22.3 Å². The molecule has 1 saturated heterocycles. The Balaban J connectivity index is 2.05. The second-order valence-electron chi connectivity index (χ2n) is 4.00. The van der Waals surface area contributed by atoms with Gasteiger partial charge in [0.1, 0.15) is 0 Å². The van der Waals surface area contributed by atoms with Crippen molar-refractivity contribution in [3.8, 4) is 0 Å². The van der Waals surface area contributed by atoms with Crippen LogP contribution in [0.15, 0.2) is 18.2 Å². The third-order valence-electron chi connectivity index (χ3n) is 3.23. The van der Waals surface area contributed by atoms with E-state index < -0.39 is 0 Å². The molecule has 1 N–H and O–H groups in total. The Kier molecular flexibility index (Phi) is 2.01. The molecular formula is C11H13ClN2. The molecular weight excluding hydrogens is 196 g/mol. The van der Waals surface area contributed by atoms with Crippen LogP contribution in [-0.2, 0) is 6.54 Å². The molecule has 2 aliphatic heterocycles. The van der Waals surface area contributed by atoms with E-state index in [1.54, 1.807) is 0 Å². The van der Waals surface area contributed by atoms with Crippen LogP contribution in [0.1, 0.15) is 17.2 Å². The van der Waals surface area contributed by atoms with Crippen LogP contribution in [0.25, 0.3) is 0 Å². The molecule has 3 heteroatoms. The van der Waals surface area contributed by atoms with Gasteiger partial charge in [-0.2, -0.15) is 0 Å². The summed E-state index contributed by atoms with van der Waals surface area (Å²) in [6.45, 7) is 4.33. The summed E-state index contributed by atoms with van der Waals surface area (Å²) in [4.78, 5) is 2.51. The summed E-state index contributed by atoms with van der Waals surface area (Å²) in [5.41, 5.74) is 2.76. The zero-order valence-corrected chi connectivity index (χ0v) is 8.72. The molecule has 0 bridgehead atoms. The highest BCUT2D eigenvalue weighted by molar-refractivity contribution is 6.31. The molecule has 0 aromatic heterocycles. The maximum atomic E-state index is 6.19. The van der Waals surface area contributed by atoms with Crippen molar-refractivity contribution in [2.24, 2.45) is 0 Å². The van der Waals surface area contributed by atoms with Gasteiger partial charge in [0.2, 0.25) is 0 Å². The van der Waals surface area contributed by atoms with E-state index in [1.807, 2.05) is 6.07 Å². The summed E-state index contributed by atoms with van der Waals surface area (Å²) in [7, 11) is 0. The summed E-state index contributed by atoms with van der Waals surface area (Å²) in [5.74, 6) is 0. The highest BCUT2D eigenvalue weighted by Gasteiger charge is 2.32. The monoisotopic (exact) mass is 208 g/mol. The van der Waals surface area contributed by atoms with Crippen LogP contribution in [0.5, 0.6) is 0 Å². The fraction of sp³-hybridized carbons (Fsp3) is 0.455. The summed E-state index contributed by atoms with van der Waals surface area (Å²) in [5, 5.41) is 4.36. The van der Waals surface area contributed by atoms with Gasteiger partial charge in [-0.15, -0.1) is 0 Å². The first-order valence-corrected chi connectivity index (χ1v) is 5.46. The van der Waals surface area contributed by atoms with Crippen molar-refractivity contribution >= 4 is 11.6 Å². The summed E-state index contributed by atoms with van der Waals surface area (Å²) in [6.07, 6.45) is 0. The molecule has 1 fully saturated rings. The van der Waals surface area contributed by atoms with Gasteiger partial charge in [0.15, 0.2) is 0 Å². The van der Waals surface area contributed by atoms with E-state index in [0.29, 0.717) is 6.04 Å². The van der Waals surface area contributed by atoms with Gasteiger partial charge in [-0.3, -0.25) is 4.90 Å². The van der Waals surface area contributed by atoms with Crippen LogP contribution >= 0.6 is 11.6 Å². The molecule has 1 unspecified atom stereocenters. The average molecular weight is 209 g/mol. The van der Waals surface area contributed by atoms with Crippen molar-refractivity contribution in [3.05, 3.63) is 34.3 Å². The minimum absolute atomic E-state index is 0.553. The first-order valence-electron chi connectivity index (χ1n) is 5.08. The summed E-state index contributed by atoms with van der Waals surface area (Å²) in [6, 6.07) is 6.81. The summed E-state index contributed by atoms with van der Waals surface area (Å²) >= 11 is 6.19. The molecule has 2 aliphatic rings. The number of halogens is 1. The molecule has 74 valence electrons. The topological polar surface area (TPSA) is 15.3 Å². The highest BCUT2D eigenvalue weighted by Crippen LogP contribution is 2.37. The molecule has 14 heavy (non-hydrogen) atoms. The molecule has 0 radical (unpaired) electrons. The molecule has 2 heterocycles. The zero-order chi connectivity index (χ0) is 9.54. The van der Waals surface area contributed by atoms with Crippen LogP contribution in [-0.4, -0.2) is 24.5 Å². The number of benzene rings is 1. The molecule has 1 aromatic carbocycles. The van der Waals surface area contributed by atoms with Crippen LogP contribution < -0.4 is 5.32 Å². The molecule has 0 spiro atoms. The summed E-state index contributed by atoms with van der Waals surface area (Å²) < 4.78 is 0. The van der Waals surface area contributed by atoms with Gasteiger partial charge in [-0.25, -0.2) is 0 Å². The lowest BCUT2D eigenvalue weighted by atomic mass is 10.0. The quantitative estimate of drug-likeness (QED) is 0.700. The molecule has 1 aromatic rings. The normalized spacial score (nSPS) is 25.9. The van der Waals surface area contributed by atoms with E-state index in [9.17, 15) is 0 Å².